The van der Waals surface area contributed by atoms with Crippen LogP contribution in [0.1, 0.15) is 19.8 Å². The van der Waals surface area contributed by atoms with Crippen LogP contribution in [0.25, 0.3) is 0 Å². The molecule has 102 valence electrons. The number of halogens is 3. The van der Waals surface area contributed by atoms with E-state index in [4.69, 9.17) is 23.2 Å². The third kappa shape index (κ3) is 4.09. The number of hydrogen-bond donors (Lipinski definition) is 1. The van der Waals surface area contributed by atoms with Gasteiger partial charge in [-0.2, -0.15) is 0 Å². The Morgan fingerprint density at radius 2 is 2.11 bits per heavy atom. The molecule has 0 saturated carbocycles. The maximum atomic E-state index is 13.1. The molecule has 0 aliphatic carbocycles. The highest BCUT2D eigenvalue weighted by Gasteiger charge is 2.22. The van der Waals surface area contributed by atoms with Gasteiger partial charge in [0.25, 0.3) is 0 Å². The largest absolute Gasteiger partial charge is 0.242 e. The van der Waals surface area contributed by atoms with Crippen LogP contribution in [0.2, 0.25) is 5.02 Å². The van der Waals surface area contributed by atoms with E-state index in [9.17, 15) is 12.8 Å². The van der Waals surface area contributed by atoms with E-state index in [0.717, 1.165) is 12.1 Å². The van der Waals surface area contributed by atoms with Crippen LogP contribution in [0.5, 0.6) is 0 Å². The molecular weight excluding hydrogens is 300 g/mol. The second-order valence-electron chi connectivity index (χ2n) is 3.78. The van der Waals surface area contributed by atoms with E-state index in [1.807, 2.05) is 6.92 Å². The van der Waals surface area contributed by atoms with Crippen LogP contribution in [0.15, 0.2) is 23.1 Å². The van der Waals surface area contributed by atoms with Gasteiger partial charge >= 0.3 is 0 Å². The SMILES string of the molecule is CCC(CCCl)NS(=O)(=O)c1cc(F)ccc1Cl. The topological polar surface area (TPSA) is 46.2 Å². The lowest BCUT2D eigenvalue weighted by atomic mass is 10.2. The van der Waals surface area contributed by atoms with E-state index in [2.05, 4.69) is 4.72 Å². The van der Waals surface area contributed by atoms with Crippen LogP contribution in [-0.4, -0.2) is 20.3 Å². The summed E-state index contributed by atoms with van der Waals surface area (Å²) >= 11 is 11.4. The van der Waals surface area contributed by atoms with Crippen molar-refractivity contribution in [3.8, 4) is 0 Å². The Morgan fingerprint density at radius 1 is 1.44 bits per heavy atom. The van der Waals surface area contributed by atoms with Crippen LogP contribution in [0.4, 0.5) is 4.39 Å². The Kier molecular flexibility index (Phi) is 5.85. The standard InChI is InChI=1S/C11H14Cl2FNO2S/c1-2-9(5-6-12)15-18(16,17)11-7-8(14)3-4-10(11)13/h3-4,7,9,15H,2,5-6H2,1H3. The summed E-state index contributed by atoms with van der Waals surface area (Å²) in [5, 5.41) is -0.00961. The second kappa shape index (κ2) is 6.70. The molecule has 1 aromatic carbocycles. The molecule has 0 aliphatic rings. The summed E-state index contributed by atoms with van der Waals surface area (Å²) in [6, 6.07) is 2.94. The maximum absolute atomic E-state index is 13.1. The van der Waals surface area contributed by atoms with Crippen molar-refractivity contribution >= 4 is 33.2 Å². The molecule has 1 unspecified atom stereocenters. The van der Waals surface area contributed by atoms with E-state index in [1.165, 1.54) is 6.07 Å². The zero-order valence-corrected chi connectivity index (χ0v) is 12.1. The Bertz CT molecular complexity index is 508. The van der Waals surface area contributed by atoms with Gasteiger partial charge in [-0.3, -0.25) is 0 Å². The van der Waals surface area contributed by atoms with Crippen molar-refractivity contribution in [2.24, 2.45) is 0 Å². The van der Waals surface area contributed by atoms with E-state index in [1.54, 1.807) is 0 Å². The highest BCUT2D eigenvalue weighted by molar-refractivity contribution is 7.89. The van der Waals surface area contributed by atoms with E-state index in [0.29, 0.717) is 18.7 Å². The Balaban J connectivity index is 3.02. The van der Waals surface area contributed by atoms with Crippen molar-refractivity contribution in [1.29, 1.82) is 0 Å². The van der Waals surface area contributed by atoms with E-state index < -0.39 is 15.8 Å². The molecule has 1 rings (SSSR count). The van der Waals surface area contributed by atoms with Gasteiger partial charge in [0.1, 0.15) is 10.7 Å². The fourth-order valence-electron chi connectivity index (χ4n) is 1.44. The maximum Gasteiger partial charge on any atom is 0.242 e. The number of nitrogens with one attached hydrogen (secondary N) is 1. The van der Waals surface area contributed by atoms with Crippen molar-refractivity contribution in [3.63, 3.8) is 0 Å². The zero-order chi connectivity index (χ0) is 13.8. The van der Waals surface area contributed by atoms with E-state index >= 15 is 0 Å². The van der Waals surface area contributed by atoms with Crippen molar-refractivity contribution in [3.05, 3.63) is 29.0 Å². The van der Waals surface area contributed by atoms with Crippen LogP contribution in [-0.2, 0) is 10.0 Å². The molecule has 0 aliphatic heterocycles. The summed E-state index contributed by atoms with van der Waals surface area (Å²) in [6.07, 6.45) is 1.10. The predicted molar refractivity (Wildman–Crippen MR) is 71.1 cm³/mol. The molecule has 0 aromatic heterocycles. The van der Waals surface area contributed by atoms with Gasteiger partial charge in [-0.1, -0.05) is 18.5 Å². The minimum atomic E-state index is -3.83. The summed E-state index contributed by atoms with van der Waals surface area (Å²) < 4.78 is 39.6. The lowest BCUT2D eigenvalue weighted by molar-refractivity contribution is 0.530. The summed E-state index contributed by atoms with van der Waals surface area (Å²) in [6.45, 7) is 1.84. The predicted octanol–water partition coefficient (Wildman–Crippen LogP) is 3.16. The summed E-state index contributed by atoms with van der Waals surface area (Å²) in [4.78, 5) is -0.253. The van der Waals surface area contributed by atoms with Gasteiger partial charge in [-0.15, -0.1) is 11.6 Å². The molecule has 0 bridgehead atoms. The quantitative estimate of drug-likeness (QED) is 0.820. The summed E-state index contributed by atoms with van der Waals surface area (Å²) in [5.41, 5.74) is 0. The zero-order valence-electron chi connectivity index (χ0n) is 9.79. The van der Waals surface area contributed by atoms with Gasteiger partial charge in [0.2, 0.25) is 10.0 Å². The van der Waals surface area contributed by atoms with Gasteiger partial charge < -0.3 is 0 Å². The molecule has 1 atom stereocenters. The van der Waals surface area contributed by atoms with Crippen molar-refractivity contribution in [1.82, 2.24) is 4.72 Å². The summed E-state index contributed by atoms with van der Waals surface area (Å²) in [7, 11) is -3.83. The molecule has 0 spiro atoms. The smallest absolute Gasteiger partial charge is 0.208 e. The number of benzene rings is 1. The first-order valence-corrected chi connectivity index (χ1v) is 7.83. The first kappa shape index (κ1) is 15.7. The molecule has 0 saturated heterocycles. The number of sulfonamides is 1. The third-order valence-electron chi connectivity index (χ3n) is 2.45. The van der Waals surface area contributed by atoms with Crippen molar-refractivity contribution < 1.29 is 12.8 Å². The van der Waals surface area contributed by atoms with Crippen LogP contribution in [0.3, 0.4) is 0 Å². The van der Waals surface area contributed by atoms with Gasteiger partial charge in [0, 0.05) is 11.9 Å². The Labute approximate surface area is 116 Å². The van der Waals surface area contributed by atoms with Crippen molar-refractivity contribution in [2.45, 2.75) is 30.7 Å². The molecule has 18 heavy (non-hydrogen) atoms. The normalized spacial score (nSPS) is 13.6. The fourth-order valence-corrected chi connectivity index (χ4v) is 3.57. The number of rotatable bonds is 6. The van der Waals surface area contributed by atoms with Crippen molar-refractivity contribution in [2.75, 3.05) is 5.88 Å². The Morgan fingerprint density at radius 3 is 2.67 bits per heavy atom. The molecule has 0 radical (unpaired) electrons. The fraction of sp³-hybridized carbons (Fsp3) is 0.455. The lowest BCUT2D eigenvalue weighted by Gasteiger charge is -2.16. The first-order chi connectivity index (χ1) is 8.40. The first-order valence-electron chi connectivity index (χ1n) is 5.44. The molecule has 0 fully saturated rings. The van der Waals surface area contributed by atoms with Crippen LogP contribution >= 0.6 is 23.2 Å². The molecule has 7 heteroatoms. The lowest BCUT2D eigenvalue weighted by Crippen LogP contribution is -2.34. The van der Waals surface area contributed by atoms with Gasteiger partial charge in [0.15, 0.2) is 0 Å². The minimum absolute atomic E-state index is 0.00961. The third-order valence-corrected chi connectivity index (χ3v) is 4.68. The minimum Gasteiger partial charge on any atom is -0.208 e. The Hall–Kier alpha value is -0.360. The number of alkyl halides is 1. The van der Waals surface area contributed by atoms with Gasteiger partial charge in [-0.25, -0.2) is 17.5 Å². The van der Waals surface area contributed by atoms with Crippen LogP contribution in [0, 0.1) is 5.82 Å². The van der Waals surface area contributed by atoms with Gasteiger partial charge in [-0.05, 0) is 31.0 Å². The summed E-state index contributed by atoms with van der Waals surface area (Å²) in [5.74, 6) is -0.303. The number of hydrogen-bond acceptors (Lipinski definition) is 2. The highest BCUT2D eigenvalue weighted by Crippen LogP contribution is 2.22. The molecule has 0 heterocycles. The average molecular weight is 314 g/mol. The second-order valence-corrected chi connectivity index (χ2v) is 6.25. The average Bonchev–Trinajstić information content (AvgIpc) is 2.31. The molecule has 0 amide bonds. The molecule has 3 nitrogen and oxygen atoms in total. The van der Waals surface area contributed by atoms with E-state index in [-0.39, 0.29) is 16.0 Å². The monoisotopic (exact) mass is 313 g/mol. The molecular formula is C11H14Cl2FNO2S. The molecule has 1 N–H and O–H groups in total. The van der Waals surface area contributed by atoms with Gasteiger partial charge in [0.05, 0.1) is 5.02 Å². The highest BCUT2D eigenvalue weighted by atomic mass is 35.5. The molecule has 1 aromatic rings. The van der Waals surface area contributed by atoms with Crippen LogP contribution < -0.4 is 4.72 Å².